The molecule has 0 aliphatic carbocycles. The summed E-state index contributed by atoms with van der Waals surface area (Å²) in [5, 5.41) is 8.21. The Hall–Kier alpha value is -2.53. The molecule has 0 saturated heterocycles. The highest BCUT2D eigenvalue weighted by atomic mass is 19.1. The summed E-state index contributed by atoms with van der Waals surface area (Å²) < 4.78 is 18.8. The normalized spacial score (nSPS) is 12.5. The van der Waals surface area contributed by atoms with Gasteiger partial charge in [0.15, 0.2) is 0 Å². The standard InChI is InChI=1S/C19H20FN3O/c1-13-4-6-15(7-5-13)12-23(3)14(2)18-21-22-19(24-18)16-8-10-17(20)11-9-16/h4-11,14H,12H2,1-3H3/t14-/m0/s1. The van der Waals surface area contributed by atoms with Crippen LogP contribution in [0.4, 0.5) is 4.39 Å². The lowest BCUT2D eigenvalue weighted by Gasteiger charge is -2.21. The molecule has 0 amide bonds. The fourth-order valence-electron chi connectivity index (χ4n) is 2.42. The third-order valence-electron chi connectivity index (χ3n) is 4.10. The first-order valence-electron chi connectivity index (χ1n) is 7.88. The average molecular weight is 325 g/mol. The molecule has 0 saturated carbocycles. The number of rotatable bonds is 5. The van der Waals surface area contributed by atoms with Crippen molar-refractivity contribution in [2.75, 3.05) is 7.05 Å². The van der Waals surface area contributed by atoms with Gasteiger partial charge in [0.05, 0.1) is 6.04 Å². The maximum atomic E-state index is 13.0. The Balaban J connectivity index is 1.71. The van der Waals surface area contributed by atoms with Crippen LogP contribution >= 0.6 is 0 Å². The minimum absolute atomic E-state index is 0.0204. The molecule has 24 heavy (non-hydrogen) atoms. The highest BCUT2D eigenvalue weighted by Gasteiger charge is 2.19. The first-order chi connectivity index (χ1) is 11.5. The maximum Gasteiger partial charge on any atom is 0.247 e. The second kappa shape index (κ2) is 6.93. The highest BCUT2D eigenvalue weighted by Crippen LogP contribution is 2.24. The molecule has 5 heteroatoms. The van der Waals surface area contributed by atoms with Crippen LogP contribution in [0.3, 0.4) is 0 Å². The van der Waals surface area contributed by atoms with Crippen LogP contribution in [0.5, 0.6) is 0 Å². The molecule has 2 aromatic carbocycles. The molecule has 3 aromatic rings. The van der Waals surface area contributed by atoms with Gasteiger partial charge in [-0.1, -0.05) is 29.8 Å². The highest BCUT2D eigenvalue weighted by molar-refractivity contribution is 5.51. The van der Waals surface area contributed by atoms with Crippen molar-refractivity contribution in [3.8, 4) is 11.5 Å². The molecule has 0 spiro atoms. The molecule has 1 heterocycles. The summed E-state index contributed by atoms with van der Waals surface area (Å²) in [5.41, 5.74) is 3.19. The van der Waals surface area contributed by atoms with Gasteiger partial charge in [-0.3, -0.25) is 4.90 Å². The fraction of sp³-hybridized carbons (Fsp3) is 0.263. The van der Waals surface area contributed by atoms with Gasteiger partial charge in [-0.05, 0) is 50.7 Å². The van der Waals surface area contributed by atoms with E-state index in [0.717, 1.165) is 6.54 Å². The molecule has 0 unspecified atom stereocenters. The number of aromatic nitrogens is 2. The molecule has 1 aromatic heterocycles. The summed E-state index contributed by atoms with van der Waals surface area (Å²) in [6.07, 6.45) is 0. The molecule has 124 valence electrons. The number of hydrogen-bond donors (Lipinski definition) is 0. The molecule has 0 fully saturated rings. The minimum Gasteiger partial charge on any atom is -0.419 e. The van der Waals surface area contributed by atoms with Crippen molar-refractivity contribution in [2.45, 2.75) is 26.4 Å². The van der Waals surface area contributed by atoms with E-state index >= 15 is 0 Å². The molecular formula is C19H20FN3O. The SMILES string of the molecule is Cc1ccc(CN(C)[C@@H](C)c2nnc(-c3ccc(F)cc3)o2)cc1. The summed E-state index contributed by atoms with van der Waals surface area (Å²) in [5.74, 6) is 0.661. The Bertz CT molecular complexity index is 796. The Labute approximate surface area is 140 Å². The Kier molecular flexibility index (Phi) is 4.71. The first kappa shape index (κ1) is 16.3. The van der Waals surface area contributed by atoms with Gasteiger partial charge in [0.1, 0.15) is 5.82 Å². The number of halogens is 1. The second-order valence-corrected chi connectivity index (χ2v) is 6.03. The number of benzene rings is 2. The topological polar surface area (TPSA) is 42.2 Å². The minimum atomic E-state index is -0.287. The lowest BCUT2D eigenvalue weighted by Crippen LogP contribution is -2.22. The summed E-state index contributed by atoms with van der Waals surface area (Å²) >= 11 is 0. The molecular weight excluding hydrogens is 305 g/mol. The summed E-state index contributed by atoms with van der Waals surface area (Å²) in [6.45, 7) is 4.89. The summed E-state index contributed by atoms with van der Waals surface area (Å²) in [4.78, 5) is 2.15. The van der Waals surface area contributed by atoms with Gasteiger partial charge < -0.3 is 4.42 Å². The van der Waals surface area contributed by atoms with E-state index in [0.29, 0.717) is 17.3 Å². The quantitative estimate of drug-likeness (QED) is 0.698. The van der Waals surface area contributed by atoms with E-state index in [-0.39, 0.29) is 11.9 Å². The zero-order chi connectivity index (χ0) is 17.1. The van der Waals surface area contributed by atoms with E-state index in [1.165, 1.54) is 23.3 Å². The monoisotopic (exact) mass is 325 g/mol. The Morgan fingerprint density at radius 3 is 2.38 bits per heavy atom. The predicted octanol–water partition coefficient (Wildman–Crippen LogP) is 4.38. The van der Waals surface area contributed by atoms with Gasteiger partial charge in [0.25, 0.3) is 0 Å². The van der Waals surface area contributed by atoms with E-state index in [1.54, 1.807) is 12.1 Å². The molecule has 0 aliphatic rings. The molecule has 4 nitrogen and oxygen atoms in total. The lowest BCUT2D eigenvalue weighted by atomic mass is 10.1. The average Bonchev–Trinajstić information content (AvgIpc) is 3.07. The van der Waals surface area contributed by atoms with E-state index in [9.17, 15) is 4.39 Å². The van der Waals surface area contributed by atoms with Crippen LogP contribution in [-0.4, -0.2) is 22.1 Å². The number of hydrogen-bond acceptors (Lipinski definition) is 4. The van der Waals surface area contributed by atoms with Crippen molar-refractivity contribution in [1.82, 2.24) is 15.1 Å². The van der Waals surface area contributed by atoms with Gasteiger partial charge in [-0.25, -0.2) is 4.39 Å². The van der Waals surface area contributed by atoms with Gasteiger partial charge in [-0.15, -0.1) is 10.2 Å². The largest absolute Gasteiger partial charge is 0.419 e. The van der Waals surface area contributed by atoms with Crippen LogP contribution in [0.25, 0.3) is 11.5 Å². The molecule has 0 radical (unpaired) electrons. The van der Waals surface area contributed by atoms with Crippen molar-refractivity contribution >= 4 is 0 Å². The van der Waals surface area contributed by atoms with Gasteiger partial charge in [-0.2, -0.15) is 0 Å². The van der Waals surface area contributed by atoms with Crippen LogP contribution < -0.4 is 0 Å². The zero-order valence-corrected chi connectivity index (χ0v) is 14.0. The van der Waals surface area contributed by atoms with Crippen LogP contribution in [0.1, 0.15) is 30.0 Å². The summed E-state index contributed by atoms with van der Waals surface area (Å²) in [6, 6.07) is 14.5. The Morgan fingerprint density at radius 1 is 1.04 bits per heavy atom. The molecule has 0 N–H and O–H groups in total. The predicted molar refractivity (Wildman–Crippen MR) is 90.8 cm³/mol. The number of nitrogens with zero attached hydrogens (tertiary/aromatic N) is 3. The fourth-order valence-corrected chi connectivity index (χ4v) is 2.42. The van der Waals surface area contributed by atoms with E-state index in [4.69, 9.17) is 4.42 Å². The van der Waals surface area contributed by atoms with Crippen LogP contribution in [0.2, 0.25) is 0 Å². The van der Waals surface area contributed by atoms with Crippen molar-refractivity contribution in [3.63, 3.8) is 0 Å². The van der Waals surface area contributed by atoms with E-state index < -0.39 is 0 Å². The van der Waals surface area contributed by atoms with Crippen molar-refractivity contribution in [1.29, 1.82) is 0 Å². The summed E-state index contributed by atoms with van der Waals surface area (Å²) in [7, 11) is 2.02. The van der Waals surface area contributed by atoms with Gasteiger partial charge >= 0.3 is 0 Å². The number of aryl methyl sites for hydroxylation is 1. The van der Waals surface area contributed by atoms with Crippen LogP contribution in [0, 0.1) is 12.7 Å². The third-order valence-corrected chi connectivity index (χ3v) is 4.10. The Morgan fingerprint density at radius 2 is 1.71 bits per heavy atom. The first-order valence-corrected chi connectivity index (χ1v) is 7.88. The van der Waals surface area contributed by atoms with E-state index in [1.807, 2.05) is 14.0 Å². The lowest BCUT2D eigenvalue weighted by molar-refractivity contribution is 0.218. The van der Waals surface area contributed by atoms with E-state index in [2.05, 4.69) is 46.3 Å². The van der Waals surface area contributed by atoms with Crippen molar-refractivity contribution in [2.24, 2.45) is 0 Å². The van der Waals surface area contributed by atoms with Crippen LogP contribution in [-0.2, 0) is 6.54 Å². The van der Waals surface area contributed by atoms with Crippen molar-refractivity contribution in [3.05, 3.63) is 71.4 Å². The molecule has 0 aliphatic heterocycles. The van der Waals surface area contributed by atoms with Gasteiger partial charge in [0, 0.05) is 12.1 Å². The zero-order valence-electron chi connectivity index (χ0n) is 14.0. The molecule has 1 atom stereocenters. The van der Waals surface area contributed by atoms with Gasteiger partial charge in [0.2, 0.25) is 11.8 Å². The van der Waals surface area contributed by atoms with Crippen LogP contribution in [0.15, 0.2) is 52.9 Å². The maximum absolute atomic E-state index is 13.0. The smallest absolute Gasteiger partial charge is 0.247 e. The third kappa shape index (κ3) is 3.68. The molecule has 0 bridgehead atoms. The van der Waals surface area contributed by atoms with Crippen molar-refractivity contribution < 1.29 is 8.81 Å². The second-order valence-electron chi connectivity index (χ2n) is 6.03. The molecule has 3 rings (SSSR count).